The van der Waals surface area contributed by atoms with Crippen LogP contribution in [0.25, 0.3) is 0 Å². The molecule has 25 heavy (non-hydrogen) atoms. The average Bonchev–Trinajstić information content (AvgIpc) is 3.18. The fourth-order valence-electron chi connectivity index (χ4n) is 4.34. The van der Waals surface area contributed by atoms with Crippen LogP contribution in [-0.4, -0.2) is 30.6 Å². The van der Waals surface area contributed by atoms with Crippen LogP contribution in [0.3, 0.4) is 0 Å². The largest absolute Gasteiger partial charge is 0.462 e. The van der Waals surface area contributed by atoms with Gasteiger partial charge >= 0.3 is 11.9 Å². The second-order valence-corrected chi connectivity index (χ2v) is 7.55. The van der Waals surface area contributed by atoms with Crippen molar-refractivity contribution in [2.75, 3.05) is 11.9 Å². The van der Waals surface area contributed by atoms with Crippen LogP contribution in [0.15, 0.2) is 18.2 Å². The summed E-state index contributed by atoms with van der Waals surface area (Å²) in [6.07, 6.45) is 1.47. The second-order valence-electron chi connectivity index (χ2n) is 6.70. The van der Waals surface area contributed by atoms with Gasteiger partial charge in [-0.2, -0.15) is 0 Å². The Balaban J connectivity index is 1.35. The third-order valence-corrected chi connectivity index (χ3v) is 5.87. The van der Waals surface area contributed by atoms with Gasteiger partial charge in [-0.1, -0.05) is 23.2 Å². The maximum absolute atomic E-state index is 12.4. The molecule has 6 nitrogen and oxygen atoms in total. The summed E-state index contributed by atoms with van der Waals surface area (Å²) in [4.78, 5) is 36.3. The van der Waals surface area contributed by atoms with E-state index in [1.165, 1.54) is 6.07 Å². The van der Waals surface area contributed by atoms with Crippen molar-refractivity contribution in [3.8, 4) is 0 Å². The number of fused-ring (bicyclic) bond motifs is 1. The summed E-state index contributed by atoms with van der Waals surface area (Å²) in [5, 5.41) is 3.30. The van der Waals surface area contributed by atoms with Crippen LogP contribution in [0.1, 0.15) is 12.8 Å². The lowest BCUT2D eigenvalue weighted by Gasteiger charge is -2.22. The van der Waals surface area contributed by atoms with Gasteiger partial charge in [0.1, 0.15) is 6.10 Å². The van der Waals surface area contributed by atoms with E-state index in [2.05, 4.69) is 5.32 Å². The normalized spacial score (nSPS) is 31.8. The Bertz CT molecular complexity index is 765. The van der Waals surface area contributed by atoms with Gasteiger partial charge in [-0.25, -0.2) is 0 Å². The number of carbonyl (C=O) groups is 3. The van der Waals surface area contributed by atoms with E-state index in [0.29, 0.717) is 22.2 Å². The first-order valence-electron chi connectivity index (χ1n) is 8.06. The molecule has 8 heteroatoms. The maximum atomic E-state index is 12.4. The second kappa shape index (κ2) is 6.18. The van der Waals surface area contributed by atoms with E-state index >= 15 is 0 Å². The van der Waals surface area contributed by atoms with E-state index in [0.717, 1.165) is 6.42 Å². The Kier molecular flexibility index (Phi) is 4.12. The summed E-state index contributed by atoms with van der Waals surface area (Å²) in [5.74, 6) is -2.04. The molecule has 1 aliphatic heterocycles. The number of hydrogen-bond donors (Lipinski definition) is 1. The van der Waals surface area contributed by atoms with Crippen LogP contribution in [0, 0.1) is 23.7 Å². The maximum Gasteiger partial charge on any atom is 0.310 e. The molecule has 0 aromatic heterocycles. The number of nitrogens with one attached hydrogen (secondary N) is 1. The molecular weight excluding hydrogens is 369 g/mol. The van der Waals surface area contributed by atoms with Crippen LogP contribution in [-0.2, 0) is 23.9 Å². The fourth-order valence-corrected chi connectivity index (χ4v) is 4.67. The molecule has 1 heterocycles. The van der Waals surface area contributed by atoms with Crippen molar-refractivity contribution in [2.45, 2.75) is 18.9 Å². The molecule has 1 amide bonds. The van der Waals surface area contributed by atoms with Crippen molar-refractivity contribution < 1.29 is 23.9 Å². The lowest BCUT2D eigenvalue weighted by atomic mass is 9.80. The summed E-state index contributed by atoms with van der Waals surface area (Å²) in [5.41, 5.74) is 0.345. The van der Waals surface area contributed by atoms with E-state index < -0.39 is 30.3 Å². The average molecular weight is 384 g/mol. The van der Waals surface area contributed by atoms with Crippen LogP contribution >= 0.6 is 23.2 Å². The van der Waals surface area contributed by atoms with Crippen LogP contribution in [0.5, 0.6) is 0 Å². The Hall–Kier alpha value is -1.79. The number of amides is 1. The molecule has 1 saturated heterocycles. The molecule has 3 aliphatic rings. The first-order valence-corrected chi connectivity index (χ1v) is 8.81. The van der Waals surface area contributed by atoms with Crippen LogP contribution in [0.2, 0.25) is 10.0 Å². The number of rotatable bonds is 4. The number of anilines is 1. The monoisotopic (exact) mass is 383 g/mol. The Morgan fingerprint density at radius 3 is 2.88 bits per heavy atom. The van der Waals surface area contributed by atoms with Crippen molar-refractivity contribution in [1.29, 1.82) is 0 Å². The molecule has 0 radical (unpaired) electrons. The van der Waals surface area contributed by atoms with Crippen molar-refractivity contribution in [1.82, 2.24) is 0 Å². The number of benzene rings is 1. The highest BCUT2D eigenvalue weighted by Gasteiger charge is 2.64. The quantitative estimate of drug-likeness (QED) is 0.808. The van der Waals surface area contributed by atoms with Crippen LogP contribution in [0.4, 0.5) is 5.69 Å². The summed E-state index contributed by atoms with van der Waals surface area (Å²) in [6, 6.07) is 4.67. The molecule has 2 aliphatic carbocycles. The van der Waals surface area contributed by atoms with Crippen molar-refractivity contribution >= 4 is 46.7 Å². The smallest absolute Gasteiger partial charge is 0.310 e. The van der Waals surface area contributed by atoms with Gasteiger partial charge in [-0.05, 0) is 37.0 Å². The van der Waals surface area contributed by atoms with Gasteiger partial charge in [0, 0.05) is 10.9 Å². The number of halogens is 2. The molecule has 2 bridgehead atoms. The summed E-state index contributed by atoms with van der Waals surface area (Å²) in [6.45, 7) is -0.444. The molecule has 3 fully saturated rings. The highest BCUT2D eigenvalue weighted by molar-refractivity contribution is 6.35. The zero-order chi connectivity index (χ0) is 17.7. The van der Waals surface area contributed by atoms with Gasteiger partial charge < -0.3 is 14.8 Å². The third-order valence-electron chi connectivity index (χ3n) is 5.30. The van der Waals surface area contributed by atoms with Gasteiger partial charge in [0.25, 0.3) is 5.91 Å². The number of hydrogen-bond acceptors (Lipinski definition) is 5. The SMILES string of the molecule is O=C(COC(=O)[C@H]1[C@@H]2C[C@@H]3[C@@H]1C(=O)O[C@@H]3C2)Nc1cc(Cl)ccc1Cl. The van der Waals surface area contributed by atoms with Gasteiger partial charge in [0.15, 0.2) is 6.61 Å². The Morgan fingerprint density at radius 1 is 1.28 bits per heavy atom. The predicted molar refractivity (Wildman–Crippen MR) is 89.1 cm³/mol. The minimum Gasteiger partial charge on any atom is -0.462 e. The van der Waals surface area contributed by atoms with E-state index in [4.69, 9.17) is 32.7 Å². The molecule has 5 atom stereocenters. The van der Waals surface area contributed by atoms with E-state index in [1.807, 2.05) is 0 Å². The molecule has 2 saturated carbocycles. The molecule has 4 rings (SSSR count). The van der Waals surface area contributed by atoms with Gasteiger partial charge in [-0.3, -0.25) is 14.4 Å². The van der Waals surface area contributed by atoms with E-state index in [9.17, 15) is 14.4 Å². The van der Waals surface area contributed by atoms with Crippen LogP contribution < -0.4 is 5.32 Å². The van der Waals surface area contributed by atoms with E-state index in [1.54, 1.807) is 12.1 Å². The highest BCUT2D eigenvalue weighted by Crippen LogP contribution is 2.57. The minimum atomic E-state index is -0.521. The lowest BCUT2D eigenvalue weighted by molar-refractivity contribution is -0.157. The first-order chi connectivity index (χ1) is 11.9. The Morgan fingerprint density at radius 2 is 2.08 bits per heavy atom. The van der Waals surface area contributed by atoms with Gasteiger partial charge in [0.05, 0.1) is 22.5 Å². The van der Waals surface area contributed by atoms with Crippen molar-refractivity contribution in [2.24, 2.45) is 23.7 Å². The number of ether oxygens (including phenoxy) is 2. The molecular formula is C17H15Cl2NO5. The zero-order valence-corrected chi connectivity index (χ0v) is 14.5. The highest BCUT2D eigenvalue weighted by atomic mass is 35.5. The van der Waals surface area contributed by atoms with Gasteiger partial charge in [0.2, 0.25) is 0 Å². The minimum absolute atomic E-state index is 0.0418. The van der Waals surface area contributed by atoms with Crippen molar-refractivity contribution in [3.05, 3.63) is 28.2 Å². The van der Waals surface area contributed by atoms with Crippen molar-refractivity contribution in [3.63, 3.8) is 0 Å². The fraction of sp³-hybridized carbons (Fsp3) is 0.471. The standard InChI is InChI=1S/C17H15Cl2NO5/c18-8-1-2-10(19)11(5-8)20-13(21)6-24-16(22)14-7-3-9-12(4-7)25-17(23)15(9)14/h1-2,5,7,9,12,14-15H,3-4,6H2,(H,20,21)/t7-,9+,12-,14+,15+/m1/s1. The Labute approximate surface area is 153 Å². The lowest BCUT2D eigenvalue weighted by Crippen LogP contribution is -2.35. The molecule has 1 aromatic rings. The molecule has 0 spiro atoms. The third kappa shape index (κ3) is 2.87. The molecule has 0 unspecified atom stereocenters. The zero-order valence-electron chi connectivity index (χ0n) is 13.0. The molecule has 1 N–H and O–H groups in total. The first kappa shape index (κ1) is 16.7. The topological polar surface area (TPSA) is 81.7 Å². The predicted octanol–water partition coefficient (Wildman–Crippen LogP) is 2.67. The molecule has 132 valence electrons. The van der Waals surface area contributed by atoms with E-state index in [-0.39, 0.29) is 23.9 Å². The number of carbonyl (C=O) groups excluding carboxylic acids is 3. The summed E-state index contributed by atoms with van der Waals surface area (Å²) < 4.78 is 10.4. The summed E-state index contributed by atoms with van der Waals surface area (Å²) in [7, 11) is 0. The van der Waals surface area contributed by atoms with Gasteiger partial charge in [-0.15, -0.1) is 0 Å². The number of esters is 2. The molecule has 1 aromatic carbocycles. The summed E-state index contributed by atoms with van der Waals surface area (Å²) >= 11 is 11.8.